The van der Waals surface area contributed by atoms with E-state index in [1.807, 2.05) is 13.8 Å². The molecule has 1 atom stereocenters. The van der Waals surface area contributed by atoms with Gasteiger partial charge in [-0.05, 0) is 0 Å². The molecule has 1 aliphatic heterocycles. The second-order valence-electron chi connectivity index (χ2n) is 4.78. The van der Waals surface area contributed by atoms with Gasteiger partial charge < -0.3 is 0 Å². The zero-order chi connectivity index (χ0) is 15.3. The second kappa shape index (κ2) is 7.28. The third-order valence-corrected chi connectivity index (χ3v) is 5.31. The summed E-state index contributed by atoms with van der Waals surface area (Å²) in [5.41, 5.74) is 1.07. The SMILES string of the molecule is CC.CCC1=NC(C)(c2ccccc2)[C](=[W])N1N(C)C. The number of aliphatic imine (C=N–C) groups is 1. The van der Waals surface area contributed by atoms with Crippen LogP contribution in [0, 0.1) is 0 Å². The van der Waals surface area contributed by atoms with Crippen LogP contribution in [0.25, 0.3) is 0 Å². The van der Waals surface area contributed by atoms with Crippen LogP contribution in [0.3, 0.4) is 0 Å². The molecule has 0 radical (unpaired) electrons. The fourth-order valence-electron chi connectivity index (χ4n) is 2.27. The van der Waals surface area contributed by atoms with Crippen LogP contribution >= 0.6 is 0 Å². The Hall–Kier alpha value is -0.792. The molecule has 3 nitrogen and oxygen atoms in total. The molecule has 0 aliphatic carbocycles. The number of hydrogen-bond acceptors (Lipinski definition) is 3. The van der Waals surface area contributed by atoms with Crippen molar-refractivity contribution in [3.05, 3.63) is 35.9 Å². The summed E-state index contributed by atoms with van der Waals surface area (Å²) in [7, 11) is 4.15. The number of amidine groups is 1. The average Bonchev–Trinajstić information content (AvgIpc) is 2.75. The van der Waals surface area contributed by atoms with Gasteiger partial charge in [0.05, 0.1) is 0 Å². The molecule has 1 heterocycles. The van der Waals surface area contributed by atoms with E-state index in [1.165, 1.54) is 28.9 Å². The average molecular weight is 443 g/mol. The molecule has 1 aromatic rings. The monoisotopic (exact) mass is 443 g/mol. The molecule has 1 aliphatic rings. The van der Waals surface area contributed by atoms with Gasteiger partial charge in [0.2, 0.25) is 0 Å². The Morgan fingerprint density at radius 2 is 1.75 bits per heavy atom. The maximum absolute atomic E-state index is 4.98. The number of rotatable bonds is 3. The van der Waals surface area contributed by atoms with Crippen LogP contribution in [0.4, 0.5) is 0 Å². The summed E-state index contributed by atoms with van der Waals surface area (Å²) >= 11 is 1.47. The van der Waals surface area contributed by atoms with E-state index < -0.39 is 0 Å². The third-order valence-electron chi connectivity index (χ3n) is 3.26. The van der Waals surface area contributed by atoms with Gasteiger partial charge in [-0.1, -0.05) is 13.8 Å². The van der Waals surface area contributed by atoms with Gasteiger partial charge in [-0.2, -0.15) is 0 Å². The molecule has 2 rings (SSSR count). The summed E-state index contributed by atoms with van der Waals surface area (Å²) in [6.07, 6.45) is 0.956. The standard InChI is InChI=1S/C14H19N3.C2H6.W/c1-5-13-15-14(2,11-17(13)16(3)4)12-9-7-6-8-10-12;1-2;/h6-10H,5H2,1-4H3;1-2H3;. The van der Waals surface area contributed by atoms with Crippen molar-refractivity contribution in [2.45, 2.75) is 39.7 Å². The van der Waals surface area contributed by atoms with Crippen LogP contribution in [0.1, 0.15) is 39.7 Å². The number of benzene rings is 1. The molecule has 0 saturated carbocycles. The molecule has 0 aromatic heterocycles. The van der Waals surface area contributed by atoms with E-state index >= 15 is 0 Å². The normalized spacial score (nSPS) is 21.6. The second-order valence-corrected chi connectivity index (χ2v) is 6.17. The van der Waals surface area contributed by atoms with Crippen LogP contribution in [0.15, 0.2) is 35.3 Å². The molecular weight excluding hydrogens is 418 g/mol. The molecule has 1 unspecified atom stereocenters. The first-order valence-corrected chi connectivity index (χ1v) is 8.63. The van der Waals surface area contributed by atoms with Gasteiger partial charge in [0.25, 0.3) is 0 Å². The van der Waals surface area contributed by atoms with E-state index in [4.69, 9.17) is 4.99 Å². The minimum atomic E-state index is -0.202. The van der Waals surface area contributed by atoms with Crippen LogP contribution < -0.4 is 0 Å². The zero-order valence-corrected chi connectivity index (χ0v) is 16.3. The van der Waals surface area contributed by atoms with Crippen LogP contribution in [0.5, 0.6) is 0 Å². The molecule has 0 bridgehead atoms. The molecule has 4 heteroatoms. The maximum atomic E-state index is 4.98. The summed E-state index contributed by atoms with van der Waals surface area (Å²) < 4.78 is 1.34. The van der Waals surface area contributed by atoms with E-state index in [9.17, 15) is 0 Å². The zero-order valence-electron chi connectivity index (χ0n) is 13.3. The van der Waals surface area contributed by atoms with Gasteiger partial charge in [-0.15, -0.1) is 0 Å². The van der Waals surface area contributed by atoms with Gasteiger partial charge in [0, 0.05) is 0 Å². The van der Waals surface area contributed by atoms with Crippen molar-refractivity contribution >= 4 is 9.86 Å². The summed E-state index contributed by atoms with van der Waals surface area (Å²) in [6.45, 7) is 8.37. The van der Waals surface area contributed by atoms with Gasteiger partial charge in [0.1, 0.15) is 0 Å². The van der Waals surface area contributed by atoms with Crippen LogP contribution in [-0.2, 0) is 24.9 Å². The Labute approximate surface area is 134 Å². The van der Waals surface area contributed by atoms with E-state index in [2.05, 4.69) is 68.3 Å². The third kappa shape index (κ3) is 3.10. The molecule has 110 valence electrons. The van der Waals surface area contributed by atoms with E-state index in [-0.39, 0.29) is 5.54 Å². The molecule has 0 fully saturated rings. The van der Waals surface area contributed by atoms with Crippen molar-refractivity contribution in [3.63, 3.8) is 0 Å². The topological polar surface area (TPSA) is 18.8 Å². The molecule has 0 saturated heterocycles. The molecule has 0 amide bonds. The number of hydrazine groups is 1. The summed E-state index contributed by atoms with van der Waals surface area (Å²) in [5.74, 6) is 1.15. The number of nitrogens with zero attached hydrogens (tertiary/aromatic N) is 3. The fraction of sp³-hybridized carbons (Fsp3) is 0.500. The molecule has 0 N–H and O–H groups in total. The van der Waals surface area contributed by atoms with Crippen molar-refractivity contribution in [3.8, 4) is 0 Å². The van der Waals surface area contributed by atoms with Crippen LogP contribution in [-0.4, -0.2) is 34.0 Å². The Morgan fingerprint density at radius 3 is 2.15 bits per heavy atom. The summed E-state index contributed by atoms with van der Waals surface area (Å²) in [6, 6.07) is 10.6. The Kier molecular flexibility index (Phi) is 6.29. The van der Waals surface area contributed by atoms with Gasteiger partial charge in [0.15, 0.2) is 0 Å². The minimum absolute atomic E-state index is 0.202. The Morgan fingerprint density at radius 1 is 1.20 bits per heavy atom. The summed E-state index contributed by atoms with van der Waals surface area (Å²) in [4.78, 5) is 4.98. The fourth-order valence-corrected chi connectivity index (χ4v) is 3.82. The molecule has 1 aromatic carbocycles. The Balaban J connectivity index is 0.000000956. The molecular formula is C16H25N3W. The van der Waals surface area contributed by atoms with Crippen molar-refractivity contribution in [1.82, 2.24) is 10.0 Å². The number of hydrogen-bond donors (Lipinski definition) is 0. The first kappa shape index (κ1) is 17.3. The quantitative estimate of drug-likeness (QED) is 0.715. The van der Waals surface area contributed by atoms with Gasteiger partial charge in [-0.25, -0.2) is 0 Å². The first-order valence-electron chi connectivity index (χ1n) is 7.16. The summed E-state index contributed by atoms with van der Waals surface area (Å²) in [5, 5.41) is 4.38. The van der Waals surface area contributed by atoms with Crippen molar-refractivity contribution in [1.29, 1.82) is 0 Å². The molecule has 20 heavy (non-hydrogen) atoms. The van der Waals surface area contributed by atoms with E-state index in [0.717, 1.165) is 12.3 Å². The molecule has 0 spiro atoms. The van der Waals surface area contributed by atoms with Gasteiger partial charge in [-0.3, -0.25) is 0 Å². The Bertz CT molecular complexity index is 482. The predicted molar refractivity (Wildman–Crippen MR) is 83.4 cm³/mol. The van der Waals surface area contributed by atoms with E-state index in [1.54, 1.807) is 0 Å². The predicted octanol–water partition coefficient (Wildman–Crippen LogP) is 3.21. The van der Waals surface area contributed by atoms with Crippen LogP contribution in [0.2, 0.25) is 0 Å². The van der Waals surface area contributed by atoms with Crippen molar-refractivity contribution < 1.29 is 19.4 Å². The first-order chi connectivity index (χ1) is 9.50. The van der Waals surface area contributed by atoms with Crippen molar-refractivity contribution in [2.75, 3.05) is 14.1 Å². The van der Waals surface area contributed by atoms with Gasteiger partial charge >= 0.3 is 120 Å². The van der Waals surface area contributed by atoms with E-state index in [0.29, 0.717) is 0 Å². The van der Waals surface area contributed by atoms with Crippen molar-refractivity contribution in [2.24, 2.45) is 4.99 Å².